The van der Waals surface area contributed by atoms with E-state index in [1.807, 2.05) is 0 Å². The van der Waals surface area contributed by atoms with Gasteiger partial charge in [-0.25, -0.2) is 14.5 Å². The number of methoxy groups -OCH3 is 1. The fourth-order valence-electron chi connectivity index (χ4n) is 2.92. The summed E-state index contributed by atoms with van der Waals surface area (Å²) >= 11 is 0. The Kier molecular flexibility index (Phi) is 5.80. The summed E-state index contributed by atoms with van der Waals surface area (Å²) in [4.78, 5) is 41.3. The molecule has 1 aliphatic rings. The van der Waals surface area contributed by atoms with Gasteiger partial charge < -0.3 is 14.4 Å². The summed E-state index contributed by atoms with van der Waals surface area (Å²) in [6.07, 6.45) is 4.07. The molecular weight excluding hydrogens is 352 g/mol. The molecule has 1 fully saturated rings. The van der Waals surface area contributed by atoms with Crippen molar-refractivity contribution in [2.75, 3.05) is 26.8 Å². The van der Waals surface area contributed by atoms with Gasteiger partial charge in [0.25, 0.3) is 5.91 Å². The minimum Gasteiger partial charge on any atom is -0.469 e. The number of benzene rings is 1. The van der Waals surface area contributed by atoms with Gasteiger partial charge in [0.1, 0.15) is 12.7 Å². The molecule has 1 aliphatic heterocycles. The standard InChI is InChI=1S/C18H20N4O5/c1-26-17(24)14-6-8-21(9-7-14)16(23)10-27-18(25)13-2-4-15(5-3-13)22-12-19-11-20-22/h2-5,11-12,14H,6-10H2,1H3. The summed E-state index contributed by atoms with van der Waals surface area (Å²) in [6, 6.07) is 6.63. The van der Waals surface area contributed by atoms with Crippen molar-refractivity contribution in [3.05, 3.63) is 42.5 Å². The maximum atomic E-state index is 12.2. The Morgan fingerprint density at radius 2 is 1.85 bits per heavy atom. The van der Waals surface area contributed by atoms with Crippen LogP contribution in [0.5, 0.6) is 0 Å². The Hall–Kier alpha value is -3.23. The minimum atomic E-state index is -0.571. The van der Waals surface area contributed by atoms with Crippen LogP contribution in [0.2, 0.25) is 0 Å². The summed E-state index contributed by atoms with van der Waals surface area (Å²) in [7, 11) is 1.36. The lowest BCUT2D eigenvalue weighted by molar-refractivity contribution is -0.149. The van der Waals surface area contributed by atoms with Crippen LogP contribution in [0.25, 0.3) is 5.69 Å². The summed E-state index contributed by atoms with van der Waals surface area (Å²) in [6.45, 7) is 0.568. The number of amides is 1. The molecule has 142 valence electrons. The van der Waals surface area contributed by atoms with Crippen molar-refractivity contribution in [2.24, 2.45) is 5.92 Å². The molecule has 0 bridgehead atoms. The SMILES string of the molecule is COC(=O)C1CCN(C(=O)COC(=O)c2ccc(-n3cncn3)cc2)CC1. The number of nitrogens with zero attached hydrogens (tertiary/aromatic N) is 4. The Morgan fingerprint density at radius 1 is 1.15 bits per heavy atom. The average Bonchev–Trinajstić information content (AvgIpc) is 3.26. The van der Waals surface area contributed by atoms with E-state index < -0.39 is 5.97 Å². The summed E-state index contributed by atoms with van der Waals surface area (Å²) < 4.78 is 11.4. The second-order valence-corrected chi connectivity index (χ2v) is 6.14. The lowest BCUT2D eigenvalue weighted by Crippen LogP contribution is -2.42. The number of carbonyl (C=O) groups is 3. The molecular formula is C18H20N4O5. The molecule has 0 atom stereocenters. The molecule has 9 heteroatoms. The monoisotopic (exact) mass is 372 g/mol. The molecule has 2 aromatic rings. The van der Waals surface area contributed by atoms with E-state index in [-0.39, 0.29) is 24.4 Å². The van der Waals surface area contributed by atoms with Crippen molar-refractivity contribution in [2.45, 2.75) is 12.8 Å². The van der Waals surface area contributed by atoms with Crippen LogP contribution in [0.3, 0.4) is 0 Å². The molecule has 0 unspecified atom stereocenters. The fourth-order valence-corrected chi connectivity index (χ4v) is 2.92. The van der Waals surface area contributed by atoms with Gasteiger partial charge in [0.05, 0.1) is 24.3 Å². The number of piperidine rings is 1. The molecule has 0 aliphatic carbocycles. The van der Waals surface area contributed by atoms with E-state index in [0.29, 0.717) is 31.5 Å². The van der Waals surface area contributed by atoms with Gasteiger partial charge in [0.2, 0.25) is 0 Å². The van der Waals surface area contributed by atoms with Gasteiger partial charge in [-0.15, -0.1) is 0 Å². The van der Waals surface area contributed by atoms with Crippen molar-refractivity contribution in [3.8, 4) is 5.69 Å². The molecule has 27 heavy (non-hydrogen) atoms. The lowest BCUT2D eigenvalue weighted by Gasteiger charge is -2.30. The van der Waals surface area contributed by atoms with Gasteiger partial charge in [-0.05, 0) is 37.1 Å². The molecule has 1 aromatic carbocycles. The molecule has 3 rings (SSSR count). The second-order valence-electron chi connectivity index (χ2n) is 6.14. The smallest absolute Gasteiger partial charge is 0.338 e. The number of carbonyl (C=O) groups excluding carboxylic acids is 3. The van der Waals surface area contributed by atoms with E-state index in [4.69, 9.17) is 9.47 Å². The quantitative estimate of drug-likeness (QED) is 0.716. The molecule has 1 saturated heterocycles. The van der Waals surface area contributed by atoms with Crippen LogP contribution in [-0.2, 0) is 19.1 Å². The molecule has 2 heterocycles. The van der Waals surface area contributed by atoms with Crippen molar-refractivity contribution in [1.29, 1.82) is 0 Å². The van der Waals surface area contributed by atoms with Crippen LogP contribution in [0, 0.1) is 5.92 Å². The Labute approximate surface area is 155 Å². The number of hydrogen-bond acceptors (Lipinski definition) is 7. The van der Waals surface area contributed by atoms with E-state index in [9.17, 15) is 14.4 Å². The Balaban J connectivity index is 1.47. The van der Waals surface area contributed by atoms with Crippen molar-refractivity contribution in [1.82, 2.24) is 19.7 Å². The molecule has 9 nitrogen and oxygen atoms in total. The number of hydrogen-bond donors (Lipinski definition) is 0. The van der Waals surface area contributed by atoms with Crippen LogP contribution in [0.4, 0.5) is 0 Å². The zero-order chi connectivity index (χ0) is 19.2. The van der Waals surface area contributed by atoms with Gasteiger partial charge in [-0.2, -0.15) is 5.10 Å². The summed E-state index contributed by atoms with van der Waals surface area (Å²) in [5, 5.41) is 4.00. The van der Waals surface area contributed by atoms with E-state index in [1.165, 1.54) is 13.4 Å². The first-order valence-electron chi connectivity index (χ1n) is 8.56. The van der Waals surface area contributed by atoms with Crippen LogP contribution in [0.1, 0.15) is 23.2 Å². The third kappa shape index (κ3) is 4.49. The fraction of sp³-hybridized carbons (Fsp3) is 0.389. The molecule has 0 N–H and O–H groups in total. The minimum absolute atomic E-state index is 0.176. The van der Waals surface area contributed by atoms with Crippen LogP contribution < -0.4 is 0 Å². The number of likely N-dealkylation sites (tertiary alicyclic amines) is 1. The zero-order valence-electron chi connectivity index (χ0n) is 14.9. The maximum Gasteiger partial charge on any atom is 0.338 e. The maximum absolute atomic E-state index is 12.2. The molecule has 1 aromatic heterocycles. The summed E-state index contributed by atoms with van der Waals surface area (Å²) in [5.74, 6) is -1.27. The van der Waals surface area contributed by atoms with E-state index in [2.05, 4.69) is 10.1 Å². The third-order valence-corrected chi connectivity index (χ3v) is 4.50. The highest BCUT2D eigenvalue weighted by Gasteiger charge is 2.28. The first-order valence-corrected chi connectivity index (χ1v) is 8.56. The van der Waals surface area contributed by atoms with Crippen molar-refractivity contribution in [3.63, 3.8) is 0 Å². The molecule has 0 radical (unpaired) electrons. The Bertz CT molecular complexity index is 796. The second kappa shape index (κ2) is 8.43. The van der Waals surface area contributed by atoms with Crippen molar-refractivity contribution >= 4 is 17.8 Å². The highest BCUT2D eigenvalue weighted by molar-refractivity contribution is 5.91. The van der Waals surface area contributed by atoms with Gasteiger partial charge in [-0.3, -0.25) is 9.59 Å². The van der Waals surface area contributed by atoms with Gasteiger partial charge >= 0.3 is 11.9 Å². The highest BCUT2D eigenvalue weighted by Crippen LogP contribution is 2.18. The third-order valence-electron chi connectivity index (χ3n) is 4.50. The number of rotatable bonds is 5. The number of ether oxygens (including phenoxy) is 2. The van der Waals surface area contributed by atoms with E-state index >= 15 is 0 Å². The molecule has 0 saturated carbocycles. The van der Waals surface area contributed by atoms with Gasteiger partial charge in [-0.1, -0.05) is 0 Å². The van der Waals surface area contributed by atoms with Gasteiger partial charge in [0.15, 0.2) is 6.61 Å². The first-order chi connectivity index (χ1) is 13.1. The lowest BCUT2D eigenvalue weighted by atomic mass is 9.97. The average molecular weight is 372 g/mol. The number of esters is 2. The zero-order valence-corrected chi connectivity index (χ0v) is 14.9. The van der Waals surface area contributed by atoms with Crippen LogP contribution in [-0.4, -0.2) is 64.3 Å². The van der Waals surface area contributed by atoms with Crippen LogP contribution >= 0.6 is 0 Å². The van der Waals surface area contributed by atoms with E-state index in [1.54, 1.807) is 40.2 Å². The normalized spacial score (nSPS) is 14.6. The summed E-state index contributed by atoms with van der Waals surface area (Å²) in [5.41, 5.74) is 1.10. The predicted octanol–water partition coefficient (Wildman–Crippen LogP) is 0.836. The van der Waals surface area contributed by atoms with Gasteiger partial charge in [0, 0.05) is 13.1 Å². The first kappa shape index (κ1) is 18.6. The molecule has 0 spiro atoms. The van der Waals surface area contributed by atoms with Crippen molar-refractivity contribution < 1.29 is 23.9 Å². The predicted molar refractivity (Wildman–Crippen MR) is 93.0 cm³/mol. The highest BCUT2D eigenvalue weighted by atomic mass is 16.5. The van der Waals surface area contributed by atoms with E-state index in [0.717, 1.165) is 5.69 Å². The van der Waals surface area contributed by atoms with Crippen LogP contribution in [0.15, 0.2) is 36.9 Å². The largest absolute Gasteiger partial charge is 0.469 e. The molecule has 1 amide bonds. The number of aromatic nitrogens is 3. The Morgan fingerprint density at radius 3 is 2.44 bits per heavy atom. The topological polar surface area (TPSA) is 104 Å².